The van der Waals surface area contributed by atoms with Crippen LogP contribution >= 0.6 is 0 Å². The highest BCUT2D eigenvalue weighted by Crippen LogP contribution is 2.16. The molecule has 3 aromatic rings. The Morgan fingerprint density at radius 1 is 0.964 bits per heavy atom. The van der Waals surface area contributed by atoms with Crippen LogP contribution < -0.4 is 10.6 Å². The van der Waals surface area contributed by atoms with Gasteiger partial charge in [0.15, 0.2) is 0 Å². The first kappa shape index (κ1) is 19.2. The van der Waals surface area contributed by atoms with E-state index in [2.05, 4.69) is 15.6 Å². The number of hydrogen-bond donors (Lipinski definition) is 2. The van der Waals surface area contributed by atoms with E-state index in [-0.39, 0.29) is 22.9 Å². The number of aryl methyl sites for hydroxylation is 1. The fraction of sp³-hybridized carbons (Fsp3) is 0.0952. The second kappa shape index (κ2) is 8.39. The molecule has 0 spiro atoms. The predicted molar refractivity (Wildman–Crippen MR) is 101 cm³/mol. The van der Waals surface area contributed by atoms with Crippen LogP contribution in [-0.2, 0) is 6.54 Å². The molecule has 0 saturated heterocycles. The second-order valence-electron chi connectivity index (χ2n) is 6.18. The van der Waals surface area contributed by atoms with Crippen molar-refractivity contribution < 1.29 is 18.4 Å². The first-order chi connectivity index (χ1) is 13.4. The van der Waals surface area contributed by atoms with Gasteiger partial charge in [-0.1, -0.05) is 29.8 Å². The Balaban J connectivity index is 1.67. The maximum absolute atomic E-state index is 13.7. The molecule has 2 aromatic carbocycles. The summed E-state index contributed by atoms with van der Waals surface area (Å²) in [7, 11) is 0. The van der Waals surface area contributed by atoms with Crippen LogP contribution in [0.4, 0.5) is 14.5 Å². The highest BCUT2D eigenvalue weighted by Gasteiger charge is 2.14. The summed E-state index contributed by atoms with van der Waals surface area (Å²) in [6.07, 6.45) is 1.32. The number of carbonyl (C=O) groups is 2. The molecule has 142 valence electrons. The molecule has 0 aliphatic rings. The molecule has 1 aromatic heterocycles. The summed E-state index contributed by atoms with van der Waals surface area (Å²) in [5, 5.41) is 5.07. The van der Waals surface area contributed by atoms with Gasteiger partial charge in [-0.3, -0.25) is 14.6 Å². The van der Waals surface area contributed by atoms with Gasteiger partial charge in [0, 0.05) is 24.4 Å². The van der Waals surface area contributed by atoms with E-state index < -0.39 is 17.5 Å². The molecular weight excluding hydrogens is 364 g/mol. The van der Waals surface area contributed by atoms with Crippen molar-refractivity contribution in [3.05, 3.63) is 94.8 Å². The topological polar surface area (TPSA) is 71.1 Å². The largest absolute Gasteiger partial charge is 0.348 e. The minimum atomic E-state index is -0.902. The minimum absolute atomic E-state index is 0.0632. The number of aromatic nitrogens is 1. The lowest BCUT2D eigenvalue weighted by atomic mass is 10.1. The van der Waals surface area contributed by atoms with Crippen molar-refractivity contribution in [1.29, 1.82) is 0 Å². The Hall–Kier alpha value is -3.61. The van der Waals surface area contributed by atoms with Crippen molar-refractivity contribution >= 4 is 17.5 Å². The van der Waals surface area contributed by atoms with Gasteiger partial charge in [0.1, 0.15) is 17.3 Å². The van der Waals surface area contributed by atoms with Crippen LogP contribution in [0.2, 0.25) is 0 Å². The highest BCUT2D eigenvalue weighted by molar-refractivity contribution is 6.04. The van der Waals surface area contributed by atoms with Crippen LogP contribution in [-0.4, -0.2) is 16.8 Å². The van der Waals surface area contributed by atoms with Gasteiger partial charge in [-0.2, -0.15) is 0 Å². The van der Waals surface area contributed by atoms with Crippen molar-refractivity contribution in [1.82, 2.24) is 10.3 Å². The summed E-state index contributed by atoms with van der Waals surface area (Å²) in [6, 6.07) is 13.3. The average molecular weight is 381 g/mol. The molecule has 0 saturated carbocycles. The van der Waals surface area contributed by atoms with E-state index in [1.54, 1.807) is 0 Å². The molecule has 7 heteroatoms. The number of hydrogen-bond acceptors (Lipinski definition) is 3. The molecule has 0 radical (unpaired) electrons. The Labute approximate surface area is 160 Å². The van der Waals surface area contributed by atoms with Crippen molar-refractivity contribution in [3.8, 4) is 0 Å². The van der Waals surface area contributed by atoms with Gasteiger partial charge in [-0.15, -0.1) is 0 Å². The number of nitrogens with zero attached hydrogens (tertiary/aromatic N) is 1. The average Bonchev–Trinajstić information content (AvgIpc) is 2.69. The number of carbonyl (C=O) groups excluding carboxylic acids is 2. The third kappa shape index (κ3) is 4.76. The van der Waals surface area contributed by atoms with Crippen molar-refractivity contribution in [2.45, 2.75) is 13.5 Å². The van der Waals surface area contributed by atoms with Crippen LogP contribution in [0, 0.1) is 18.6 Å². The quantitative estimate of drug-likeness (QED) is 0.705. The number of rotatable bonds is 5. The van der Waals surface area contributed by atoms with Crippen LogP contribution in [0.1, 0.15) is 32.0 Å². The number of nitrogens with one attached hydrogen (secondary N) is 2. The summed E-state index contributed by atoms with van der Waals surface area (Å²) >= 11 is 0. The van der Waals surface area contributed by atoms with Gasteiger partial charge in [0.05, 0.1) is 5.69 Å². The van der Waals surface area contributed by atoms with Crippen LogP contribution in [0.25, 0.3) is 0 Å². The molecule has 0 bridgehead atoms. The Morgan fingerprint density at radius 2 is 1.71 bits per heavy atom. The molecule has 1 heterocycles. The zero-order chi connectivity index (χ0) is 20.1. The zero-order valence-electron chi connectivity index (χ0n) is 15.0. The zero-order valence-corrected chi connectivity index (χ0v) is 15.0. The number of pyridine rings is 1. The van der Waals surface area contributed by atoms with Crippen LogP contribution in [0.15, 0.2) is 60.8 Å². The third-order valence-electron chi connectivity index (χ3n) is 4.01. The molecule has 0 aliphatic carbocycles. The fourth-order valence-electron chi connectivity index (χ4n) is 2.46. The number of halogens is 2. The molecule has 5 nitrogen and oxygen atoms in total. The maximum atomic E-state index is 13.7. The van der Waals surface area contributed by atoms with Crippen LogP contribution in [0.3, 0.4) is 0 Å². The summed E-state index contributed by atoms with van der Waals surface area (Å²) in [5.41, 5.74) is 2.07. The number of anilines is 1. The van der Waals surface area contributed by atoms with Gasteiger partial charge in [0.2, 0.25) is 0 Å². The summed E-state index contributed by atoms with van der Waals surface area (Å²) < 4.78 is 26.6. The van der Waals surface area contributed by atoms with Crippen molar-refractivity contribution in [3.63, 3.8) is 0 Å². The van der Waals surface area contributed by atoms with Gasteiger partial charge >= 0.3 is 0 Å². The summed E-state index contributed by atoms with van der Waals surface area (Å²) in [6.45, 7) is 2.31. The van der Waals surface area contributed by atoms with Gasteiger partial charge in [0.25, 0.3) is 11.8 Å². The Kier molecular flexibility index (Phi) is 5.74. The normalized spacial score (nSPS) is 10.4. The molecule has 3 rings (SSSR count). The van der Waals surface area contributed by atoms with E-state index in [9.17, 15) is 18.4 Å². The van der Waals surface area contributed by atoms with E-state index >= 15 is 0 Å². The second-order valence-corrected chi connectivity index (χ2v) is 6.18. The van der Waals surface area contributed by atoms with Crippen LogP contribution in [0.5, 0.6) is 0 Å². The molecule has 28 heavy (non-hydrogen) atoms. The molecule has 0 unspecified atom stereocenters. The molecule has 0 fully saturated rings. The minimum Gasteiger partial charge on any atom is -0.348 e. The fourth-order valence-corrected chi connectivity index (χ4v) is 2.46. The van der Waals surface area contributed by atoms with E-state index in [4.69, 9.17) is 0 Å². The number of amides is 2. The standard InChI is InChI=1S/C21H17F2N3O2/c1-13-2-4-14(5-3-13)12-25-20(27)15-8-9-24-19(10-15)21(28)26-18-7-6-16(22)11-17(18)23/h2-11H,12H2,1H3,(H,25,27)(H,26,28). The first-order valence-corrected chi connectivity index (χ1v) is 8.48. The van der Waals surface area contributed by atoms with Crippen molar-refractivity contribution in [2.24, 2.45) is 0 Å². The van der Waals surface area contributed by atoms with E-state index in [0.717, 1.165) is 23.3 Å². The van der Waals surface area contributed by atoms with Crippen molar-refractivity contribution in [2.75, 3.05) is 5.32 Å². The SMILES string of the molecule is Cc1ccc(CNC(=O)c2ccnc(C(=O)Nc3ccc(F)cc3F)c2)cc1. The maximum Gasteiger partial charge on any atom is 0.274 e. The predicted octanol–water partition coefficient (Wildman–Crippen LogP) is 3.85. The lowest BCUT2D eigenvalue weighted by Gasteiger charge is -2.08. The van der Waals surface area contributed by atoms with E-state index in [0.29, 0.717) is 12.6 Å². The highest BCUT2D eigenvalue weighted by atomic mass is 19.1. The van der Waals surface area contributed by atoms with Gasteiger partial charge in [-0.25, -0.2) is 8.78 Å². The third-order valence-corrected chi connectivity index (χ3v) is 4.01. The monoisotopic (exact) mass is 381 g/mol. The molecular formula is C21H17F2N3O2. The summed E-state index contributed by atoms with van der Waals surface area (Å²) in [5.74, 6) is -2.73. The molecule has 2 amide bonds. The smallest absolute Gasteiger partial charge is 0.274 e. The summed E-state index contributed by atoms with van der Waals surface area (Å²) in [4.78, 5) is 28.5. The molecule has 0 aliphatic heterocycles. The first-order valence-electron chi connectivity index (χ1n) is 8.48. The van der Waals surface area contributed by atoms with Gasteiger partial charge in [-0.05, 0) is 36.8 Å². The Bertz CT molecular complexity index is 1020. The number of benzene rings is 2. The molecule has 2 N–H and O–H groups in total. The van der Waals surface area contributed by atoms with Gasteiger partial charge < -0.3 is 10.6 Å². The van der Waals surface area contributed by atoms with E-state index in [1.165, 1.54) is 18.3 Å². The lowest BCUT2D eigenvalue weighted by molar-refractivity contribution is 0.0950. The molecule has 0 atom stereocenters. The lowest BCUT2D eigenvalue weighted by Crippen LogP contribution is -2.23. The van der Waals surface area contributed by atoms with E-state index in [1.807, 2.05) is 31.2 Å². The Morgan fingerprint density at radius 3 is 2.43 bits per heavy atom.